The van der Waals surface area contributed by atoms with Gasteiger partial charge in [-0.2, -0.15) is 5.10 Å². The smallest absolute Gasteiger partial charge is 0.137 e. The average Bonchev–Trinajstić information content (AvgIpc) is 3.60. The van der Waals surface area contributed by atoms with Crippen LogP contribution < -0.4 is 4.74 Å². The molecule has 5 heteroatoms. The molecular weight excluding hydrogens is 637 g/mol. The molecule has 1 unspecified atom stereocenters. The Morgan fingerprint density at radius 1 is 0.827 bits per heavy atom. The second-order valence-corrected chi connectivity index (χ2v) is 16.4. The highest BCUT2D eigenvalue weighted by atomic mass is 16.5. The van der Waals surface area contributed by atoms with Crippen molar-refractivity contribution in [3.8, 4) is 23.0 Å². The standard InChI is InChI=1S/C47H56N4O/c1-10-12-17-42-46(45-31(4)23-30(3)24-32(45)5)33(6)49-51(42)36-26-35(47(7,8)9)27-38(28-36)52-37-19-20-40-39-16-13-14-18-41(39)50(43(40)29-37)44-25-34(15-11-2)21-22-48-44/h13-14,16,18-23,25-30,32,45H,10-12,15,17,24H2,1-9H3/t30-,32-,45?/m0/s1. The molecular formula is C47H56N4O. The SMILES string of the molecule is CCCCc1c(C2C(C)=C[C@H](C)C[C@@H]2C)c(C)nn1-c1cc(Oc2ccc3c4ccccc4n(-c4cc(CCC)ccn4)c3c2)cc(C(C)(C)C)c1. The van der Waals surface area contributed by atoms with E-state index < -0.39 is 0 Å². The lowest BCUT2D eigenvalue weighted by molar-refractivity contribution is 0.389. The number of hydrogen-bond acceptors (Lipinski definition) is 3. The number of benzene rings is 3. The van der Waals surface area contributed by atoms with Crippen molar-refractivity contribution in [3.63, 3.8) is 0 Å². The number of aromatic nitrogens is 4. The van der Waals surface area contributed by atoms with Crippen molar-refractivity contribution in [2.45, 2.75) is 112 Å². The number of para-hydroxylation sites is 1. The monoisotopic (exact) mass is 692 g/mol. The molecule has 0 bridgehead atoms. The number of ether oxygens (including phenoxy) is 1. The van der Waals surface area contributed by atoms with E-state index in [9.17, 15) is 0 Å². The Bertz CT molecular complexity index is 2260. The Morgan fingerprint density at radius 2 is 1.62 bits per heavy atom. The molecule has 0 amide bonds. The Balaban J connectivity index is 1.35. The maximum absolute atomic E-state index is 6.87. The summed E-state index contributed by atoms with van der Waals surface area (Å²) in [5.41, 5.74) is 11.1. The normalized spacial score (nSPS) is 17.9. The first kappa shape index (κ1) is 35.7. The molecule has 3 aromatic heterocycles. The number of pyridine rings is 1. The summed E-state index contributed by atoms with van der Waals surface area (Å²) in [6.45, 7) is 20.7. The van der Waals surface area contributed by atoms with Crippen LogP contribution in [0, 0.1) is 18.8 Å². The highest BCUT2D eigenvalue weighted by Gasteiger charge is 2.32. The number of rotatable bonds is 10. The van der Waals surface area contributed by atoms with Gasteiger partial charge in [-0.1, -0.05) is 91.2 Å². The van der Waals surface area contributed by atoms with Gasteiger partial charge in [-0.25, -0.2) is 9.67 Å². The van der Waals surface area contributed by atoms with E-state index in [0.29, 0.717) is 17.8 Å². The minimum Gasteiger partial charge on any atom is -0.457 e. The third-order valence-electron chi connectivity index (χ3n) is 11.1. The number of aryl methyl sites for hydroxylation is 2. The molecule has 6 aromatic rings. The number of hydrogen-bond donors (Lipinski definition) is 0. The molecule has 52 heavy (non-hydrogen) atoms. The van der Waals surface area contributed by atoms with Gasteiger partial charge in [0.1, 0.15) is 17.3 Å². The van der Waals surface area contributed by atoms with Gasteiger partial charge in [0.05, 0.1) is 22.4 Å². The van der Waals surface area contributed by atoms with Gasteiger partial charge in [-0.15, -0.1) is 0 Å². The predicted molar refractivity (Wildman–Crippen MR) is 218 cm³/mol. The number of unbranched alkanes of at least 4 members (excludes halogenated alkanes) is 1. The highest BCUT2D eigenvalue weighted by Crippen LogP contribution is 2.44. The summed E-state index contributed by atoms with van der Waals surface area (Å²) in [6, 6.07) is 26.2. The lowest BCUT2D eigenvalue weighted by Gasteiger charge is -2.32. The second kappa shape index (κ2) is 14.4. The summed E-state index contributed by atoms with van der Waals surface area (Å²) in [5.74, 6) is 4.14. The van der Waals surface area contributed by atoms with Crippen LogP contribution in [-0.4, -0.2) is 19.3 Å². The molecule has 1 aliphatic rings. The zero-order chi connectivity index (χ0) is 36.7. The quantitative estimate of drug-likeness (QED) is 0.134. The van der Waals surface area contributed by atoms with E-state index >= 15 is 0 Å². The van der Waals surface area contributed by atoms with E-state index in [0.717, 1.165) is 71.8 Å². The summed E-state index contributed by atoms with van der Waals surface area (Å²) in [5, 5.41) is 7.72. The van der Waals surface area contributed by atoms with Crippen molar-refractivity contribution >= 4 is 21.8 Å². The van der Waals surface area contributed by atoms with Crippen LogP contribution in [0.3, 0.4) is 0 Å². The molecule has 0 spiro atoms. The second-order valence-electron chi connectivity index (χ2n) is 16.4. The minimum absolute atomic E-state index is 0.0817. The molecule has 0 radical (unpaired) electrons. The summed E-state index contributed by atoms with van der Waals surface area (Å²) >= 11 is 0. The number of nitrogens with zero attached hydrogens (tertiary/aromatic N) is 4. The Hall–Kier alpha value is -4.64. The molecule has 1 aliphatic carbocycles. The third kappa shape index (κ3) is 6.83. The van der Waals surface area contributed by atoms with Gasteiger partial charge in [-0.05, 0) is 110 Å². The molecule has 0 saturated carbocycles. The fourth-order valence-electron chi connectivity index (χ4n) is 8.72. The summed E-state index contributed by atoms with van der Waals surface area (Å²) in [6.07, 6.45) is 11.0. The van der Waals surface area contributed by atoms with E-state index in [1.54, 1.807) is 0 Å². The number of allylic oxidation sites excluding steroid dienone is 2. The molecule has 0 aliphatic heterocycles. The Morgan fingerprint density at radius 3 is 2.37 bits per heavy atom. The molecule has 0 fully saturated rings. The molecule has 270 valence electrons. The van der Waals surface area contributed by atoms with Crippen LogP contribution >= 0.6 is 0 Å². The lowest BCUT2D eigenvalue weighted by Crippen LogP contribution is -2.21. The van der Waals surface area contributed by atoms with Gasteiger partial charge in [0.15, 0.2) is 0 Å². The molecule has 3 heterocycles. The molecule has 0 N–H and O–H groups in total. The van der Waals surface area contributed by atoms with E-state index in [4.69, 9.17) is 14.8 Å². The van der Waals surface area contributed by atoms with E-state index in [2.05, 4.69) is 150 Å². The number of fused-ring (bicyclic) bond motifs is 3. The van der Waals surface area contributed by atoms with Crippen molar-refractivity contribution < 1.29 is 4.74 Å². The Kier molecular flexibility index (Phi) is 9.91. The van der Waals surface area contributed by atoms with Crippen LogP contribution in [-0.2, 0) is 18.3 Å². The van der Waals surface area contributed by atoms with Crippen molar-refractivity contribution in [1.29, 1.82) is 0 Å². The first-order valence-corrected chi connectivity index (χ1v) is 19.6. The zero-order valence-corrected chi connectivity index (χ0v) is 32.8. The van der Waals surface area contributed by atoms with Crippen LogP contribution in [0.1, 0.15) is 115 Å². The largest absolute Gasteiger partial charge is 0.457 e. The zero-order valence-electron chi connectivity index (χ0n) is 32.8. The molecule has 3 atom stereocenters. The van der Waals surface area contributed by atoms with Crippen molar-refractivity contribution in [1.82, 2.24) is 19.3 Å². The van der Waals surface area contributed by atoms with Crippen LogP contribution in [0.2, 0.25) is 0 Å². The van der Waals surface area contributed by atoms with Gasteiger partial charge in [0, 0.05) is 46.3 Å². The summed E-state index contributed by atoms with van der Waals surface area (Å²) < 4.78 is 11.4. The lowest BCUT2D eigenvalue weighted by atomic mass is 9.72. The molecule has 0 saturated heterocycles. The maximum Gasteiger partial charge on any atom is 0.137 e. The van der Waals surface area contributed by atoms with Crippen LogP contribution in [0.15, 0.2) is 90.6 Å². The first-order chi connectivity index (χ1) is 25.0. The van der Waals surface area contributed by atoms with Crippen LogP contribution in [0.25, 0.3) is 33.3 Å². The summed E-state index contributed by atoms with van der Waals surface area (Å²) in [4.78, 5) is 4.86. The average molecular weight is 693 g/mol. The predicted octanol–water partition coefficient (Wildman–Crippen LogP) is 12.8. The first-order valence-electron chi connectivity index (χ1n) is 19.6. The van der Waals surface area contributed by atoms with Gasteiger partial charge >= 0.3 is 0 Å². The summed E-state index contributed by atoms with van der Waals surface area (Å²) in [7, 11) is 0. The maximum atomic E-state index is 6.87. The Labute approximate surface area is 310 Å². The topological polar surface area (TPSA) is 44.9 Å². The van der Waals surface area contributed by atoms with Gasteiger partial charge in [-0.3, -0.25) is 4.57 Å². The molecule has 7 rings (SSSR count). The van der Waals surface area contributed by atoms with Crippen molar-refractivity contribution in [2.75, 3.05) is 0 Å². The van der Waals surface area contributed by atoms with Crippen LogP contribution in [0.4, 0.5) is 0 Å². The van der Waals surface area contributed by atoms with Gasteiger partial charge in [0.25, 0.3) is 0 Å². The fourth-order valence-corrected chi connectivity index (χ4v) is 8.72. The minimum atomic E-state index is -0.0817. The highest BCUT2D eigenvalue weighted by molar-refractivity contribution is 6.09. The van der Waals surface area contributed by atoms with Gasteiger partial charge < -0.3 is 4.74 Å². The third-order valence-corrected chi connectivity index (χ3v) is 11.1. The van der Waals surface area contributed by atoms with E-state index in [1.165, 1.54) is 45.2 Å². The van der Waals surface area contributed by atoms with Gasteiger partial charge in [0.2, 0.25) is 0 Å². The fraction of sp³-hybridized carbons (Fsp3) is 0.404. The van der Waals surface area contributed by atoms with E-state index in [-0.39, 0.29) is 5.41 Å². The van der Waals surface area contributed by atoms with E-state index in [1.807, 2.05) is 6.20 Å². The molecule has 5 nitrogen and oxygen atoms in total. The van der Waals surface area contributed by atoms with Crippen molar-refractivity contribution in [2.24, 2.45) is 11.8 Å². The molecule has 3 aromatic carbocycles. The van der Waals surface area contributed by atoms with Crippen LogP contribution in [0.5, 0.6) is 11.5 Å². The van der Waals surface area contributed by atoms with Crippen molar-refractivity contribution in [3.05, 3.63) is 119 Å².